The van der Waals surface area contributed by atoms with Crippen molar-refractivity contribution in [2.45, 2.75) is 116 Å². The van der Waals surface area contributed by atoms with Gasteiger partial charge in [0, 0.05) is 13.0 Å². The summed E-state index contributed by atoms with van der Waals surface area (Å²) in [5.74, 6) is -0.0619. The quantitative estimate of drug-likeness (QED) is 0.152. The van der Waals surface area contributed by atoms with E-state index in [0.29, 0.717) is 0 Å². The largest absolute Gasteiger partial charge is 1.00 e. The van der Waals surface area contributed by atoms with Gasteiger partial charge in [-0.2, -0.15) is 0 Å². The molecule has 0 bridgehead atoms. The lowest BCUT2D eigenvalue weighted by Gasteiger charge is -2.30. The molecule has 180 valence electrons. The minimum atomic E-state index is -0.0619. The Hall–Kier alpha value is -0.540. The predicted octanol–water partition coefficient (Wildman–Crippen LogP) is 4.02. The van der Waals surface area contributed by atoms with E-state index in [9.17, 15) is 4.79 Å². The van der Waals surface area contributed by atoms with Gasteiger partial charge < -0.3 is 22.2 Å². The molecule has 3 nitrogen and oxygen atoms in total. The van der Waals surface area contributed by atoms with E-state index in [4.69, 9.17) is 0 Å². The molecule has 0 aliphatic carbocycles. The third kappa shape index (κ3) is 23.7. The number of halogens is 1. The fourth-order valence-corrected chi connectivity index (χ4v) is 3.99. The van der Waals surface area contributed by atoms with Gasteiger partial charge in [-0.15, -0.1) is 0 Å². The summed E-state index contributed by atoms with van der Waals surface area (Å²) >= 11 is 0. The van der Waals surface area contributed by atoms with Crippen LogP contribution in [0.5, 0.6) is 0 Å². The first-order valence-electron chi connectivity index (χ1n) is 12.7. The molecule has 0 aromatic carbocycles. The molecule has 0 fully saturated rings. The SMILES string of the molecule is C=CC(=O)NCCC[N+](C)(C)CCCCCCCCCCCCCCCCCC.[Cl-]. The fourth-order valence-electron chi connectivity index (χ4n) is 3.99. The van der Waals surface area contributed by atoms with Gasteiger partial charge in [0.2, 0.25) is 5.91 Å². The first-order valence-corrected chi connectivity index (χ1v) is 12.7. The molecule has 0 radical (unpaired) electrons. The molecule has 0 aromatic rings. The number of carbonyl (C=O) groups is 1. The van der Waals surface area contributed by atoms with Crippen LogP contribution in [-0.4, -0.2) is 44.1 Å². The predicted molar refractivity (Wildman–Crippen MR) is 129 cm³/mol. The lowest BCUT2D eigenvalue weighted by Crippen LogP contribution is -3.00. The first kappa shape index (κ1) is 31.6. The van der Waals surface area contributed by atoms with Crippen LogP contribution >= 0.6 is 0 Å². The average Bonchev–Trinajstić information content (AvgIpc) is 2.70. The van der Waals surface area contributed by atoms with Crippen LogP contribution in [-0.2, 0) is 4.79 Å². The van der Waals surface area contributed by atoms with Crippen LogP contribution in [0.15, 0.2) is 12.7 Å². The zero-order chi connectivity index (χ0) is 21.6. The summed E-state index contributed by atoms with van der Waals surface area (Å²) < 4.78 is 1.06. The lowest BCUT2D eigenvalue weighted by molar-refractivity contribution is -0.890. The maximum Gasteiger partial charge on any atom is 0.243 e. The van der Waals surface area contributed by atoms with Crippen molar-refractivity contribution in [3.05, 3.63) is 12.7 Å². The van der Waals surface area contributed by atoms with E-state index < -0.39 is 0 Å². The second-order valence-corrected chi connectivity index (χ2v) is 9.53. The molecular weight excluding hydrogens is 392 g/mol. The minimum absolute atomic E-state index is 0. The summed E-state index contributed by atoms with van der Waals surface area (Å²) in [4.78, 5) is 11.1. The maximum absolute atomic E-state index is 11.1. The van der Waals surface area contributed by atoms with Crippen LogP contribution in [0.2, 0.25) is 0 Å². The van der Waals surface area contributed by atoms with E-state index in [1.54, 1.807) is 0 Å². The number of unbranched alkanes of at least 4 members (excludes halogenated alkanes) is 15. The highest BCUT2D eigenvalue weighted by atomic mass is 35.5. The number of nitrogens with one attached hydrogen (secondary N) is 1. The van der Waals surface area contributed by atoms with Crippen molar-refractivity contribution < 1.29 is 21.7 Å². The van der Waals surface area contributed by atoms with Crippen molar-refractivity contribution in [3.8, 4) is 0 Å². The molecule has 1 amide bonds. The normalized spacial score (nSPS) is 11.2. The highest BCUT2D eigenvalue weighted by molar-refractivity contribution is 5.86. The molecule has 0 rings (SSSR count). The molecule has 0 aliphatic rings. The topological polar surface area (TPSA) is 29.1 Å². The molecule has 0 aliphatic heterocycles. The average molecular weight is 445 g/mol. The monoisotopic (exact) mass is 444 g/mol. The van der Waals surface area contributed by atoms with Crippen molar-refractivity contribution in [1.29, 1.82) is 0 Å². The number of hydrogen-bond donors (Lipinski definition) is 1. The minimum Gasteiger partial charge on any atom is -1.00 e. The van der Waals surface area contributed by atoms with Gasteiger partial charge in [-0.25, -0.2) is 0 Å². The van der Waals surface area contributed by atoms with Gasteiger partial charge >= 0.3 is 0 Å². The number of amides is 1. The Morgan fingerprint density at radius 2 is 1.07 bits per heavy atom. The van der Waals surface area contributed by atoms with E-state index in [-0.39, 0.29) is 18.3 Å². The van der Waals surface area contributed by atoms with Gasteiger partial charge in [0.15, 0.2) is 0 Å². The van der Waals surface area contributed by atoms with Crippen molar-refractivity contribution >= 4 is 5.91 Å². The van der Waals surface area contributed by atoms with Gasteiger partial charge in [-0.3, -0.25) is 4.79 Å². The van der Waals surface area contributed by atoms with Crippen LogP contribution in [0.1, 0.15) is 116 Å². The molecule has 30 heavy (non-hydrogen) atoms. The van der Waals surface area contributed by atoms with E-state index in [2.05, 4.69) is 32.9 Å². The first-order chi connectivity index (χ1) is 14.0. The Kier molecular flexibility index (Phi) is 24.4. The Morgan fingerprint density at radius 3 is 1.47 bits per heavy atom. The molecular formula is C26H53ClN2O. The Morgan fingerprint density at radius 1 is 0.700 bits per heavy atom. The molecule has 0 atom stereocenters. The number of hydrogen-bond acceptors (Lipinski definition) is 1. The highest BCUT2D eigenvalue weighted by Gasteiger charge is 2.13. The van der Waals surface area contributed by atoms with Crippen LogP contribution in [0.3, 0.4) is 0 Å². The van der Waals surface area contributed by atoms with Gasteiger partial charge in [-0.1, -0.05) is 103 Å². The highest BCUT2D eigenvalue weighted by Crippen LogP contribution is 2.14. The van der Waals surface area contributed by atoms with Crippen LogP contribution in [0, 0.1) is 0 Å². The smallest absolute Gasteiger partial charge is 0.243 e. The number of rotatable bonds is 22. The zero-order valence-corrected chi connectivity index (χ0v) is 21.4. The third-order valence-corrected chi connectivity index (χ3v) is 6.04. The summed E-state index contributed by atoms with van der Waals surface area (Å²) in [6.07, 6.45) is 25.2. The van der Waals surface area contributed by atoms with Gasteiger partial charge in [-0.05, 0) is 18.9 Å². The Bertz CT molecular complexity index is 385. The number of carbonyl (C=O) groups excluding carboxylic acids is 1. The number of nitrogens with zero attached hydrogens (tertiary/aromatic N) is 1. The van der Waals surface area contributed by atoms with Crippen LogP contribution in [0.25, 0.3) is 0 Å². The van der Waals surface area contributed by atoms with Crippen molar-refractivity contribution in [2.75, 3.05) is 33.7 Å². The molecule has 0 heterocycles. The van der Waals surface area contributed by atoms with Gasteiger partial charge in [0.25, 0.3) is 0 Å². The van der Waals surface area contributed by atoms with E-state index in [0.717, 1.165) is 24.0 Å². The van der Waals surface area contributed by atoms with Gasteiger partial charge in [0.1, 0.15) is 0 Å². The summed E-state index contributed by atoms with van der Waals surface area (Å²) in [6.45, 7) is 8.89. The lowest BCUT2D eigenvalue weighted by atomic mass is 10.0. The van der Waals surface area contributed by atoms with Crippen LogP contribution < -0.4 is 17.7 Å². The third-order valence-electron chi connectivity index (χ3n) is 6.04. The maximum atomic E-state index is 11.1. The molecule has 1 N–H and O–H groups in total. The Balaban J connectivity index is 0. The summed E-state index contributed by atoms with van der Waals surface area (Å²) in [7, 11) is 4.61. The molecule has 4 heteroatoms. The summed E-state index contributed by atoms with van der Waals surface area (Å²) in [5, 5.41) is 2.86. The van der Waals surface area contributed by atoms with Crippen molar-refractivity contribution in [2.24, 2.45) is 0 Å². The second kappa shape index (κ2) is 23.1. The zero-order valence-electron chi connectivity index (χ0n) is 20.7. The summed E-state index contributed by atoms with van der Waals surface area (Å²) in [6, 6.07) is 0. The van der Waals surface area contributed by atoms with Crippen LogP contribution in [0.4, 0.5) is 0 Å². The van der Waals surface area contributed by atoms with E-state index in [1.165, 1.54) is 115 Å². The fraction of sp³-hybridized carbons (Fsp3) is 0.885. The molecule has 0 aromatic heterocycles. The van der Waals surface area contributed by atoms with Gasteiger partial charge in [0.05, 0.1) is 27.2 Å². The van der Waals surface area contributed by atoms with E-state index in [1.807, 2.05) is 0 Å². The molecule has 0 spiro atoms. The Labute approximate surface area is 195 Å². The number of quaternary nitrogens is 1. The molecule has 0 unspecified atom stereocenters. The van der Waals surface area contributed by atoms with Crippen molar-refractivity contribution in [1.82, 2.24) is 5.32 Å². The second-order valence-electron chi connectivity index (χ2n) is 9.53. The standard InChI is InChI=1S/C26H52N2O.ClH/c1-5-7-8-9-10-11-12-13-14-15-16-17-18-19-20-21-24-28(3,4)25-22-23-27-26(29)6-2;/h6H,2,5,7-25H2,1,3-4H3;1H. The molecule has 0 saturated carbocycles. The van der Waals surface area contributed by atoms with Crippen molar-refractivity contribution in [3.63, 3.8) is 0 Å². The summed E-state index contributed by atoms with van der Waals surface area (Å²) in [5.41, 5.74) is 0. The van der Waals surface area contributed by atoms with E-state index >= 15 is 0 Å². The molecule has 0 saturated heterocycles.